The van der Waals surface area contributed by atoms with E-state index < -0.39 is 47.3 Å². The highest BCUT2D eigenvalue weighted by atomic mass is 19.2. The average molecular weight is 448 g/mol. The van der Waals surface area contributed by atoms with Crippen LogP contribution in [0.3, 0.4) is 0 Å². The van der Waals surface area contributed by atoms with Gasteiger partial charge in [0, 0.05) is 18.2 Å². The first-order chi connectivity index (χ1) is 15.3. The van der Waals surface area contributed by atoms with Gasteiger partial charge in [-0.3, -0.25) is 14.2 Å². The molecule has 8 nitrogen and oxygen atoms in total. The van der Waals surface area contributed by atoms with E-state index in [-0.39, 0.29) is 22.8 Å². The number of nitrogens with one attached hydrogen (secondary N) is 1. The van der Waals surface area contributed by atoms with Crippen molar-refractivity contribution in [3.05, 3.63) is 68.8 Å². The Morgan fingerprint density at radius 1 is 1.09 bits per heavy atom. The van der Waals surface area contributed by atoms with E-state index >= 15 is 0 Å². The molecule has 0 radical (unpaired) electrons. The van der Waals surface area contributed by atoms with E-state index in [2.05, 4.69) is 10.3 Å². The molecule has 2 heterocycles. The first kappa shape index (κ1) is 21.8. The maximum Gasteiger partial charge on any atom is 0.337 e. The quantitative estimate of drug-likeness (QED) is 0.630. The molecule has 11 heteroatoms. The highest BCUT2D eigenvalue weighted by molar-refractivity contribution is 5.77. The molecule has 0 aliphatic heterocycles. The van der Waals surface area contributed by atoms with Crippen molar-refractivity contribution in [3.8, 4) is 5.69 Å². The molecule has 1 fully saturated rings. The molecular weight excluding hydrogens is 429 g/mol. The summed E-state index contributed by atoms with van der Waals surface area (Å²) in [5.74, 6) is -3.60. The lowest BCUT2D eigenvalue weighted by Crippen LogP contribution is -2.45. The van der Waals surface area contributed by atoms with Crippen molar-refractivity contribution in [2.45, 2.75) is 37.8 Å². The van der Waals surface area contributed by atoms with E-state index in [9.17, 15) is 27.6 Å². The Morgan fingerprint density at radius 3 is 2.47 bits per heavy atom. The zero-order valence-electron chi connectivity index (χ0n) is 16.7. The van der Waals surface area contributed by atoms with Crippen LogP contribution in [0.5, 0.6) is 0 Å². The molecule has 0 atom stereocenters. The van der Waals surface area contributed by atoms with Crippen LogP contribution in [0.2, 0.25) is 0 Å². The van der Waals surface area contributed by atoms with E-state index in [0.29, 0.717) is 25.7 Å². The number of aromatic nitrogens is 3. The number of nitrogens with zero attached hydrogens (tertiary/aromatic N) is 3. The molecule has 32 heavy (non-hydrogen) atoms. The Morgan fingerprint density at radius 2 is 1.81 bits per heavy atom. The molecule has 4 rings (SSSR count). The van der Waals surface area contributed by atoms with Gasteiger partial charge in [0.1, 0.15) is 12.4 Å². The number of carbonyl (C=O) groups excluding carboxylic acids is 1. The van der Waals surface area contributed by atoms with Gasteiger partial charge in [-0.05, 0) is 43.9 Å². The maximum absolute atomic E-state index is 13.9. The van der Waals surface area contributed by atoms with E-state index in [0.717, 1.165) is 33.5 Å². The fourth-order valence-corrected chi connectivity index (χ4v) is 4.11. The fraction of sp³-hybridized carbons (Fsp3) is 0.333. The lowest BCUT2D eigenvalue weighted by molar-refractivity contribution is -0.124. The number of fused-ring (bicyclic) bond motifs is 1. The van der Waals surface area contributed by atoms with Gasteiger partial charge < -0.3 is 10.4 Å². The lowest BCUT2D eigenvalue weighted by Gasteiger charge is -2.30. The smallest absolute Gasteiger partial charge is 0.337 e. The molecule has 3 aromatic rings. The standard InChI is InChI=1S/C21H19F3N4O4/c22-11-7-15-19(25-9-11)27(14-5-6-16(23)17(24)8-14)21(32)28(20(15)31)13-3-1-12(2-4-13)26-18(30)10-29/h5-9,12-13,29H,1-4,10H2,(H,26,30)/t12-,13+. The molecule has 0 bridgehead atoms. The summed E-state index contributed by atoms with van der Waals surface area (Å²) in [6.07, 6.45) is 2.45. The van der Waals surface area contributed by atoms with Gasteiger partial charge in [-0.15, -0.1) is 0 Å². The van der Waals surface area contributed by atoms with Crippen LogP contribution in [0.15, 0.2) is 40.1 Å². The minimum absolute atomic E-state index is 0.0596. The highest BCUT2D eigenvalue weighted by Crippen LogP contribution is 2.27. The summed E-state index contributed by atoms with van der Waals surface area (Å²) in [4.78, 5) is 41.7. The number of rotatable bonds is 4. The van der Waals surface area contributed by atoms with Gasteiger partial charge in [0.05, 0.1) is 17.3 Å². The number of pyridine rings is 1. The van der Waals surface area contributed by atoms with Crippen LogP contribution in [-0.4, -0.2) is 37.8 Å². The SMILES string of the molecule is O=C(CO)N[C@H]1CC[C@@H](n2c(=O)c3cc(F)cnc3n(-c3ccc(F)c(F)c3)c2=O)CC1. The van der Waals surface area contributed by atoms with Crippen molar-refractivity contribution in [1.82, 2.24) is 19.4 Å². The van der Waals surface area contributed by atoms with E-state index in [1.54, 1.807) is 0 Å². The second-order valence-electron chi connectivity index (χ2n) is 7.65. The molecule has 1 aliphatic rings. The van der Waals surface area contributed by atoms with Crippen molar-refractivity contribution in [2.75, 3.05) is 6.61 Å². The largest absolute Gasteiger partial charge is 0.387 e. The van der Waals surface area contributed by atoms with Gasteiger partial charge in [-0.2, -0.15) is 0 Å². The molecule has 1 aliphatic carbocycles. The Bertz CT molecular complexity index is 1310. The Kier molecular flexibility index (Phi) is 5.83. The molecule has 1 aromatic carbocycles. The van der Waals surface area contributed by atoms with Crippen LogP contribution in [0.25, 0.3) is 16.7 Å². The van der Waals surface area contributed by atoms with Crippen molar-refractivity contribution >= 4 is 16.9 Å². The first-order valence-electron chi connectivity index (χ1n) is 9.98. The third-order valence-electron chi connectivity index (χ3n) is 5.62. The van der Waals surface area contributed by atoms with E-state index in [1.807, 2.05) is 0 Å². The third-order valence-corrected chi connectivity index (χ3v) is 5.62. The summed E-state index contributed by atoms with van der Waals surface area (Å²) in [5, 5.41) is 11.4. The Hall–Kier alpha value is -3.47. The highest BCUT2D eigenvalue weighted by Gasteiger charge is 2.28. The predicted octanol–water partition coefficient (Wildman–Crippen LogP) is 1.56. The van der Waals surface area contributed by atoms with Gasteiger partial charge >= 0.3 is 5.69 Å². The number of carbonyl (C=O) groups is 1. The van der Waals surface area contributed by atoms with Gasteiger partial charge in [-0.25, -0.2) is 27.5 Å². The summed E-state index contributed by atoms with van der Waals surface area (Å²) < 4.78 is 43.1. The number of hydrogen-bond donors (Lipinski definition) is 2. The normalized spacial score (nSPS) is 18.6. The molecule has 1 amide bonds. The topological polar surface area (TPSA) is 106 Å². The first-order valence-corrected chi connectivity index (χ1v) is 9.98. The van der Waals surface area contributed by atoms with Crippen LogP contribution < -0.4 is 16.6 Å². The second-order valence-corrected chi connectivity index (χ2v) is 7.65. The number of halogens is 3. The molecular formula is C21H19F3N4O4. The van der Waals surface area contributed by atoms with Crippen LogP contribution in [0.1, 0.15) is 31.7 Å². The molecule has 1 saturated carbocycles. The lowest BCUT2D eigenvalue weighted by atomic mass is 9.91. The monoisotopic (exact) mass is 448 g/mol. The van der Waals surface area contributed by atoms with Crippen LogP contribution >= 0.6 is 0 Å². The Labute approximate surface area is 178 Å². The van der Waals surface area contributed by atoms with Crippen molar-refractivity contribution in [3.63, 3.8) is 0 Å². The summed E-state index contributed by atoms with van der Waals surface area (Å²) in [7, 11) is 0. The number of hydrogen-bond acceptors (Lipinski definition) is 5. The van der Waals surface area contributed by atoms with Crippen molar-refractivity contribution in [1.29, 1.82) is 0 Å². The molecule has 0 saturated heterocycles. The minimum atomic E-state index is -1.19. The average Bonchev–Trinajstić information content (AvgIpc) is 2.77. The summed E-state index contributed by atoms with van der Waals surface area (Å²) in [6, 6.07) is 3.00. The van der Waals surface area contributed by atoms with Gasteiger partial charge in [0.2, 0.25) is 5.91 Å². The molecule has 2 N–H and O–H groups in total. The fourth-order valence-electron chi connectivity index (χ4n) is 4.11. The van der Waals surface area contributed by atoms with Crippen LogP contribution in [0, 0.1) is 17.5 Å². The van der Waals surface area contributed by atoms with Crippen molar-refractivity contribution in [2.24, 2.45) is 0 Å². The van der Waals surface area contributed by atoms with Crippen LogP contribution in [-0.2, 0) is 4.79 Å². The minimum Gasteiger partial charge on any atom is -0.387 e. The molecule has 168 valence electrons. The molecule has 0 unspecified atom stereocenters. The van der Waals surface area contributed by atoms with Gasteiger partial charge in [-0.1, -0.05) is 0 Å². The zero-order valence-corrected chi connectivity index (χ0v) is 16.7. The van der Waals surface area contributed by atoms with Gasteiger partial charge in [0.25, 0.3) is 5.56 Å². The summed E-state index contributed by atoms with van der Waals surface area (Å²) >= 11 is 0. The van der Waals surface area contributed by atoms with E-state index in [1.165, 1.54) is 6.07 Å². The second kappa shape index (κ2) is 8.58. The summed E-state index contributed by atoms with van der Waals surface area (Å²) in [5.41, 5.74) is -1.78. The zero-order chi connectivity index (χ0) is 23.0. The molecule has 0 spiro atoms. The van der Waals surface area contributed by atoms with Gasteiger partial charge in [0.15, 0.2) is 17.3 Å². The Balaban J connectivity index is 1.84. The summed E-state index contributed by atoms with van der Waals surface area (Å²) in [6.45, 7) is -0.637. The number of benzene rings is 1. The van der Waals surface area contributed by atoms with Crippen LogP contribution in [0.4, 0.5) is 13.2 Å². The molecule has 2 aromatic heterocycles. The number of aliphatic hydroxyl groups is 1. The number of amides is 1. The maximum atomic E-state index is 13.9. The van der Waals surface area contributed by atoms with Crippen molar-refractivity contribution < 1.29 is 23.1 Å². The third kappa shape index (κ3) is 3.91. The van der Waals surface area contributed by atoms with E-state index in [4.69, 9.17) is 5.11 Å². The predicted molar refractivity (Wildman–Crippen MR) is 108 cm³/mol. The number of aliphatic hydroxyl groups excluding tert-OH is 1.